The Morgan fingerprint density at radius 1 is 1.12 bits per heavy atom. The molecule has 1 N–H and O–H groups in total. The number of carbonyl (C=O) groups is 2. The Labute approximate surface area is 148 Å². The maximum Gasteiger partial charge on any atom is 0.226 e. The highest BCUT2D eigenvalue weighted by Gasteiger charge is 2.12. The van der Waals surface area contributed by atoms with Crippen LogP contribution in [0, 0.1) is 6.92 Å². The zero-order chi connectivity index (χ0) is 18.2. The Morgan fingerprint density at radius 3 is 2.44 bits per heavy atom. The molecule has 5 heteroatoms. The van der Waals surface area contributed by atoms with Gasteiger partial charge in [0.2, 0.25) is 11.8 Å². The van der Waals surface area contributed by atoms with Gasteiger partial charge in [0.25, 0.3) is 0 Å². The molecule has 0 fully saturated rings. The van der Waals surface area contributed by atoms with Crippen LogP contribution in [-0.4, -0.2) is 30.4 Å². The number of aryl methyl sites for hydroxylation is 1. The van der Waals surface area contributed by atoms with Crippen molar-refractivity contribution in [2.24, 2.45) is 0 Å². The van der Waals surface area contributed by atoms with Crippen molar-refractivity contribution in [3.05, 3.63) is 59.7 Å². The summed E-state index contributed by atoms with van der Waals surface area (Å²) in [5.74, 6) is 0.568. The number of amides is 2. The number of anilines is 1. The summed E-state index contributed by atoms with van der Waals surface area (Å²) in [6.45, 7) is 4.43. The highest BCUT2D eigenvalue weighted by Crippen LogP contribution is 2.15. The predicted octanol–water partition coefficient (Wildman–Crippen LogP) is 3.38. The van der Waals surface area contributed by atoms with Crippen molar-refractivity contribution in [1.29, 1.82) is 0 Å². The van der Waals surface area contributed by atoms with Gasteiger partial charge in [0.1, 0.15) is 5.75 Å². The molecule has 0 aromatic heterocycles. The third kappa shape index (κ3) is 5.95. The van der Waals surface area contributed by atoms with Gasteiger partial charge in [0, 0.05) is 32.1 Å². The maximum atomic E-state index is 12.1. The van der Waals surface area contributed by atoms with Crippen molar-refractivity contribution in [1.82, 2.24) is 4.90 Å². The zero-order valence-corrected chi connectivity index (χ0v) is 14.9. The van der Waals surface area contributed by atoms with Crippen LogP contribution in [0.2, 0.25) is 0 Å². The van der Waals surface area contributed by atoms with Gasteiger partial charge in [-0.25, -0.2) is 0 Å². The largest absolute Gasteiger partial charge is 0.497 e. The topological polar surface area (TPSA) is 58.6 Å². The van der Waals surface area contributed by atoms with Crippen LogP contribution in [-0.2, 0) is 16.1 Å². The van der Waals surface area contributed by atoms with Gasteiger partial charge in [-0.1, -0.05) is 29.8 Å². The molecular weight excluding hydrogens is 316 g/mol. The molecule has 2 aromatic rings. The molecule has 0 saturated heterocycles. The molecule has 0 unspecified atom stereocenters. The van der Waals surface area contributed by atoms with E-state index in [9.17, 15) is 9.59 Å². The lowest BCUT2D eigenvalue weighted by Crippen LogP contribution is -2.31. The molecule has 0 atom stereocenters. The quantitative estimate of drug-likeness (QED) is 0.840. The van der Waals surface area contributed by atoms with E-state index in [4.69, 9.17) is 4.74 Å². The Morgan fingerprint density at radius 2 is 1.84 bits per heavy atom. The number of carbonyl (C=O) groups excluding carboxylic acids is 2. The fourth-order valence-corrected chi connectivity index (χ4v) is 2.51. The SMILES string of the molecule is COc1ccc(NC(=O)CCN(Cc2cccc(C)c2)C(C)=O)cc1. The van der Waals surface area contributed by atoms with Gasteiger partial charge in [-0.05, 0) is 36.8 Å². The fraction of sp³-hybridized carbons (Fsp3) is 0.300. The summed E-state index contributed by atoms with van der Waals surface area (Å²) in [5, 5.41) is 2.83. The molecule has 0 spiro atoms. The molecule has 0 heterocycles. The molecule has 0 saturated carbocycles. The van der Waals surface area contributed by atoms with E-state index < -0.39 is 0 Å². The molecule has 0 aliphatic carbocycles. The summed E-state index contributed by atoms with van der Waals surface area (Å²) in [6.07, 6.45) is 0.247. The molecule has 0 aliphatic heterocycles. The first-order valence-corrected chi connectivity index (χ1v) is 8.23. The second-order valence-corrected chi connectivity index (χ2v) is 5.96. The van der Waals surface area contributed by atoms with E-state index >= 15 is 0 Å². The minimum Gasteiger partial charge on any atom is -0.497 e. The molecule has 0 bridgehead atoms. The van der Waals surface area contributed by atoms with Crippen LogP contribution in [0.25, 0.3) is 0 Å². The number of benzene rings is 2. The van der Waals surface area contributed by atoms with Crippen LogP contribution in [0.5, 0.6) is 5.75 Å². The van der Waals surface area contributed by atoms with Crippen LogP contribution in [0.15, 0.2) is 48.5 Å². The Kier molecular flexibility index (Phi) is 6.57. The van der Waals surface area contributed by atoms with Gasteiger partial charge in [-0.3, -0.25) is 9.59 Å². The standard InChI is InChI=1S/C20H24N2O3/c1-15-5-4-6-17(13-15)14-22(16(2)23)12-11-20(24)21-18-7-9-19(25-3)10-8-18/h4-10,13H,11-12,14H2,1-3H3,(H,21,24). The van der Waals surface area contributed by atoms with Crippen LogP contribution >= 0.6 is 0 Å². The van der Waals surface area contributed by atoms with E-state index in [0.29, 0.717) is 18.8 Å². The average Bonchev–Trinajstić information content (AvgIpc) is 2.59. The van der Waals surface area contributed by atoms with Crippen LogP contribution < -0.4 is 10.1 Å². The maximum absolute atomic E-state index is 12.1. The molecule has 132 valence electrons. The Hall–Kier alpha value is -2.82. The normalized spacial score (nSPS) is 10.2. The molecule has 0 aliphatic rings. The van der Waals surface area contributed by atoms with Gasteiger partial charge in [0.05, 0.1) is 7.11 Å². The highest BCUT2D eigenvalue weighted by molar-refractivity contribution is 5.91. The van der Waals surface area contributed by atoms with E-state index in [1.165, 1.54) is 6.92 Å². The minimum atomic E-state index is -0.124. The zero-order valence-electron chi connectivity index (χ0n) is 14.9. The van der Waals surface area contributed by atoms with Crippen molar-refractivity contribution >= 4 is 17.5 Å². The fourth-order valence-electron chi connectivity index (χ4n) is 2.51. The number of hydrogen-bond acceptors (Lipinski definition) is 3. The molecule has 2 amide bonds. The van der Waals surface area contributed by atoms with Crippen molar-refractivity contribution in [2.45, 2.75) is 26.8 Å². The summed E-state index contributed by atoms with van der Waals surface area (Å²) in [7, 11) is 1.60. The van der Waals surface area contributed by atoms with Crippen LogP contribution in [0.3, 0.4) is 0 Å². The van der Waals surface area contributed by atoms with E-state index in [0.717, 1.165) is 16.9 Å². The Balaban J connectivity index is 1.89. The van der Waals surface area contributed by atoms with Gasteiger partial charge < -0.3 is 15.0 Å². The smallest absolute Gasteiger partial charge is 0.226 e. The lowest BCUT2D eigenvalue weighted by molar-refractivity contribution is -0.129. The number of rotatable bonds is 7. The molecule has 2 rings (SSSR count). The molecular formula is C20H24N2O3. The monoisotopic (exact) mass is 340 g/mol. The number of methoxy groups -OCH3 is 1. The first-order chi connectivity index (χ1) is 12.0. The molecule has 25 heavy (non-hydrogen) atoms. The van der Waals surface area contributed by atoms with Gasteiger partial charge in [-0.15, -0.1) is 0 Å². The average molecular weight is 340 g/mol. The summed E-state index contributed by atoms with van der Waals surface area (Å²) in [4.78, 5) is 25.7. The minimum absolute atomic E-state index is 0.0428. The second kappa shape index (κ2) is 8.87. The third-order valence-corrected chi connectivity index (χ3v) is 3.88. The van der Waals surface area contributed by atoms with E-state index in [-0.39, 0.29) is 18.2 Å². The lowest BCUT2D eigenvalue weighted by atomic mass is 10.1. The summed E-state index contributed by atoms with van der Waals surface area (Å²) < 4.78 is 5.09. The number of ether oxygens (including phenoxy) is 1. The highest BCUT2D eigenvalue weighted by atomic mass is 16.5. The summed E-state index contributed by atoms with van der Waals surface area (Å²) >= 11 is 0. The number of hydrogen-bond donors (Lipinski definition) is 1. The first kappa shape index (κ1) is 18.5. The van der Waals surface area contributed by atoms with Crippen LogP contribution in [0.1, 0.15) is 24.5 Å². The van der Waals surface area contributed by atoms with Gasteiger partial charge >= 0.3 is 0 Å². The number of nitrogens with zero attached hydrogens (tertiary/aromatic N) is 1. The van der Waals surface area contributed by atoms with Crippen molar-refractivity contribution < 1.29 is 14.3 Å². The van der Waals surface area contributed by atoms with Crippen molar-refractivity contribution in [3.8, 4) is 5.75 Å². The van der Waals surface area contributed by atoms with E-state index in [1.807, 2.05) is 31.2 Å². The van der Waals surface area contributed by atoms with Gasteiger partial charge in [-0.2, -0.15) is 0 Å². The summed E-state index contributed by atoms with van der Waals surface area (Å²) in [6, 6.07) is 15.2. The molecule has 2 aromatic carbocycles. The van der Waals surface area contributed by atoms with Crippen molar-refractivity contribution in [2.75, 3.05) is 19.0 Å². The van der Waals surface area contributed by atoms with Crippen molar-refractivity contribution in [3.63, 3.8) is 0 Å². The second-order valence-electron chi connectivity index (χ2n) is 5.96. The predicted molar refractivity (Wildman–Crippen MR) is 98.5 cm³/mol. The molecule has 5 nitrogen and oxygen atoms in total. The van der Waals surface area contributed by atoms with Crippen LogP contribution in [0.4, 0.5) is 5.69 Å². The summed E-state index contributed by atoms with van der Waals surface area (Å²) in [5.41, 5.74) is 2.92. The Bertz CT molecular complexity index is 726. The number of nitrogens with one attached hydrogen (secondary N) is 1. The van der Waals surface area contributed by atoms with E-state index in [1.54, 1.807) is 36.3 Å². The third-order valence-electron chi connectivity index (χ3n) is 3.88. The molecule has 0 radical (unpaired) electrons. The van der Waals surface area contributed by atoms with E-state index in [2.05, 4.69) is 5.32 Å². The van der Waals surface area contributed by atoms with Gasteiger partial charge in [0.15, 0.2) is 0 Å². The first-order valence-electron chi connectivity index (χ1n) is 8.23. The lowest BCUT2D eigenvalue weighted by Gasteiger charge is -2.21.